The van der Waals surface area contributed by atoms with Gasteiger partial charge in [0.2, 0.25) is 11.8 Å². The predicted molar refractivity (Wildman–Crippen MR) is 100 cm³/mol. The van der Waals surface area contributed by atoms with Crippen molar-refractivity contribution in [2.75, 3.05) is 24.9 Å². The van der Waals surface area contributed by atoms with E-state index in [4.69, 9.17) is 16.4 Å². The number of carbonyl (C=O) groups is 4. The summed E-state index contributed by atoms with van der Waals surface area (Å²) in [5.74, 6) is -2.79. The number of amides is 3. The van der Waals surface area contributed by atoms with Gasteiger partial charge >= 0.3 is 5.97 Å². The van der Waals surface area contributed by atoms with E-state index in [0.717, 1.165) is 18.4 Å². The molecule has 0 aromatic carbocycles. The first-order valence-corrected chi connectivity index (χ1v) is 9.14. The van der Waals surface area contributed by atoms with Gasteiger partial charge in [0.1, 0.15) is 24.2 Å². The number of β-lactam (4-membered cyclic amide) rings is 1. The van der Waals surface area contributed by atoms with Crippen LogP contribution in [-0.2, 0) is 28.8 Å². The van der Waals surface area contributed by atoms with E-state index in [2.05, 4.69) is 37.4 Å². The number of oxime groups is 1. The Hall–Kier alpha value is -2.99. The lowest BCUT2D eigenvalue weighted by Crippen LogP contribution is -2.72. The molecule has 0 saturated carbocycles. The quantitative estimate of drug-likeness (QED) is 0.0901. The first-order chi connectivity index (χ1) is 13.4. The van der Waals surface area contributed by atoms with Crippen molar-refractivity contribution in [1.29, 1.82) is 0 Å². The Morgan fingerprint density at radius 3 is 2.86 bits per heavy atom. The third kappa shape index (κ3) is 5.04. The van der Waals surface area contributed by atoms with Crippen LogP contribution in [-0.4, -0.2) is 66.1 Å². The lowest BCUT2D eigenvalue weighted by atomic mass is 9.99. The second kappa shape index (κ2) is 9.80. The van der Waals surface area contributed by atoms with E-state index in [-0.39, 0.29) is 29.0 Å². The van der Waals surface area contributed by atoms with Crippen molar-refractivity contribution in [3.63, 3.8) is 0 Å². The van der Waals surface area contributed by atoms with Crippen molar-refractivity contribution in [3.05, 3.63) is 23.7 Å². The number of thiazole rings is 1. The molecule has 1 saturated heterocycles. The van der Waals surface area contributed by atoms with Crippen LogP contribution >= 0.6 is 22.9 Å². The summed E-state index contributed by atoms with van der Waals surface area (Å²) in [7, 11) is 1.16. The molecular formula is C15H16ClN5O6S. The molecule has 13 heteroatoms. The maximum atomic E-state index is 12.6. The highest BCUT2D eigenvalue weighted by molar-refractivity contribution is 7.14. The van der Waals surface area contributed by atoms with E-state index in [1.165, 1.54) is 11.5 Å². The summed E-state index contributed by atoms with van der Waals surface area (Å²) >= 11 is 6.46. The third-order valence-corrected chi connectivity index (χ3v) is 4.33. The number of aromatic nitrogens is 1. The van der Waals surface area contributed by atoms with Crippen LogP contribution in [0.25, 0.3) is 0 Å². The molecule has 2 rings (SSSR count). The minimum absolute atomic E-state index is 0.0193. The fourth-order valence-electron chi connectivity index (χ4n) is 2.01. The molecule has 28 heavy (non-hydrogen) atoms. The van der Waals surface area contributed by atoms with Gasteiger partial charge < -0.3 is 25.5 Å². The Morgan fingerprint density at radius 2 is 2.25 bits per heavy atom. The number of ether oxygens (including phenoxy) is 1. The Labute approximate surface area is 168 Å². The molecule has 1 aromatic heterocycles. The number of hydrogen-bond acceptors (Lipinski definition) is 9. The number of nitrogens with one attached hydrogen (secondary N) is 3. The number of esters is 1. The molecule has 1 aromatic rings. The van der Waals surface area contributed by atoms with Crippen LogP contribution in [0.4, 0.5) is 5.13 Å². The number of rotatable bonds is 9. The van der Waals surface area contributed by atoms with Gasteiger partial charge in [-0.15, -0.1) is 22.9 Å². The zero-order valence-corrected chi connectivity index (χ0v) is 16.1. The van der Waals surface area contributed by atoms with Crippen LogP contribution in [0, 0.1) is 0 Å². The van der Waals surface area contributed by atoms with Gasteiger partial charge in [-0.25, -0.2) is 9.78 Å². The normalized spacial score (nSPS) is 18.4. The predicted octanol–water partition coefficient (Wildman–Crippen LogP) is -0.617. The highest BCUT2D eigenvalue weighted by atomic mass is 35.5. The van der Waals surface area contributed by atoms with Gasteiger partial charge in [0.15, 0.2) is 16.9 Å². The fraction of sp³-hybridized carbons (Fsp3) is 0.333. The van der Waals surface area contributed by atoms with Crippen molar-refractivity contribution >= 4 is 57.5 Å². The average Bonchev–Trinajstić information content (AvgIpc) is 3.14. The van der Waals surface area contributed by atoms with Crippen molar-refractivity contribution in [1.82, 2.24) is 15.6 Å². The van der Waals surface area contributed by atoms with Crippen LogP contribution in [0.1, 0.15) is 5.69 Å². The van der Waals surface area contributed by atoms with E-state index >= 15 is 0 Å². The van der Waals surface area contributed by atoms with Crippen LogP contribution in [0.15, 0.2) is 23.2 Å². The van der Waals surface area contributed by atoms with Crippen molar-refractivity contribution < 1.29 is 28.8 Å². The molecule has 0 spiro atoms. The molecular weight excluding hydrogens is 414 g/mol. The van der Waals surface area contributed by atoms with Crippen molar-refractivity contribution in [3.8, 4) is 0 Å². The van der Waals surface area contributed by atoms with E-state index < -0.39 is 35.8 Å². The smallest absolute Gasteiger partial charge is 0.331 e. The monoisotopic (exact) mass is 429 g/mol. The van der Waals surface area contributed by atoms with Gasteiger partial charge in [-0.2, -0.15) is 0 Å². The highest BCUT2D eigenvalue weighted by Gasteiger charge is 2.46. The summed E-state index contributed by atoms with van der Waals surface area (Å²) in [5.41, 5.74) is -0.168. The Bertz CT molecular complexity index is 826. The lowest BCUT2D eigenvalue weighted by molar-refractivity contribution is -0.153. The summed E-state index contributed by atoms with van der Waals surface area (Å²) in [6.45, 7) is 3.49. The molecule has 1 fully saturated rings. The number of carbonyl (C=O) groups excluding carboxylic acids is 4. The largest absolute Gasteiger partial charge is 0.467 e. The van der Waals surface area contributed by atoms with E-state index in [9.17, 15) is 19.2 Å². The molecule has 3 N–H and O–H groups in total. The molecule has 2 heterocycles. The molecule has 3 amide bonds. The van der Waals surface area contributed by atoms with E-state index in [1.807, 2.05) is 0 Å². The number of methoxy groups -OCH3 is 1. The molecule has 150 valence electrons. The first-order valence-electron chi connectivity index (χ1n) is 7.72. The summed E-state index contributed by atoms with van der Waals surface area (Å²) in [6, 6.07) is -2.13. The second-order valence-corrected chi connectivity index (χ2v) is 6.33. The standard InChI is InChI=1S/C15H16ClN5O6S/c1-3-4-27-21-9(7-6-28-15(17-7)18-8(22)5-16)12(23)19-10-11(14(25)26-2)20-13(10)24/h3,6,10-11H,1,4-5H2,2H3,(H,19,23)(H,20,24)(H,17,18,22)/b21-9-. The molecule has 0 bridgehead atoms. The van der Waals surface area contributed by atoms with Crippen molar-refractivity contribution in [2.24, 2.45) is 5.16 Å². The van der Waals surface area contributed by atoms with E-state index in [0.29, 0.717) is 0 Å². The maximum absolute atomic E-state index is 12.6. The SMILES string of the molecule is C=CCO/N=C(\C(=O)NC1C(=O)NC1C(=O)OC)c1csc(NC(=O)CCl)n1. The number of hydrogen-bond donors (Lipinski definition) is 3. The molecule has 1 aliphatic rings. The molecule has 0 aliphatic carbocycles. The van der Waals surface area contributed by atoms with Gasteiger partial charge in [0.05, 0.1) is 7.11 Å². The van der Waals surface area contributed by atoms with Crippen LogP contribution in [0.5, 0.6) is 0 Å². The Balaban J connectivity index is 2.18. The van der Waals surface area contributed by atoms with Crippen molar-refractivity contribution in [2.45, 2.75) is 12.1 Å². The topological polar surface area (TPSA) is 148 Å². The molecule has 1 aliphatic heterocycles. The number of alkyl halides is 1. The lowest BCUT2D eigenvalue weighted by Gasteiger charge is -2.34. The Kier molecular flexibility index (Phi) is 7.46. The minimum Gasteiger partial charge on any atom is -0.467 e. The summed E-state index contributed by atoms with van der Waals surface area (Å²) in [5, 5.41) is 12.5. The van der Waals surface area contributed by atoms with Gasteiger partial charge in [0.25, 0.3) is 5.91 Å². The summed E-state index contributed by atoms with van der Waals surface area (Å²) < 4.78 is 4.56. The zero-order valence-electron chi connectivity index (χ0n) is 14.6. The van der Waals surface area contributed by atoms with Crippen LogP contribution < -0.4 is 16.0 Å². The number of nitrogens with zero attached hydrogens (tertiary/aromatic N) is 2. The first kappa shape index (κ1) is 21.3. The summed E-state index contributed by atoms with van der Waals surface area (Å²) in [6.07, 6.45) is 1.42. The van der Waals surface area contributed by atoms with Crippen LogP contribution in [0.3, 0.4) is 0 Å². The minimum atomic E-state index is -1.13. The summed E-state index contributed by atoms with van der Waals surface area (Å²) in [4.78, 5) is 56.3. The zero-order chi connectivity index (χ0) is 20.7. The molecule has 2 unspecified atom stereocenters. The highest BCUT2D eigenvalue weighted by Crippen LogP contribution is 2.17. The second-order valence-electron chi connectivity index (χ2n) is 5.20. The molecule has 2 atom stereocenters. The van der Waals surface area contributed by atoms with Gasteiger partial charge in [-0.05, 0) is 0 Å². The maximum Gasteiger partial charge on any atom is 0.331 e. The van der Waals surface area contributed by atoms with Gasteiger partial charge in [-0.1, -0.05) is 17.8 Å². The Morgan fingerprint density at radius 1 is 1.50 bits per heavy atom. The van der Waals surface area contributed by atoms with E-state index in [1.54, 1.807) is 0 Å². The molecule has 11 nitrogen and oxygen atoms in total. The number of anilines is 1. The van der Waals surface area contributed by atoms with Gasteiger partial charge in [-0.3, -0.25) is 14.4 Å². The average molecular weight is 430 g/mol. The number of halogens is 1. The van der Waals surface area contributed by atoms with Gasteiger partial charge in [0, 0.05) is 5.38 Å². The fourth-order valence-corrected chi connectivity index (χ4v) is 2.79. The third-order valence-electron chi connectivity index (χ3n) is 3.33. The van der Waals surface area contributed by atoms with Crippen LogP contribution in [0.2, 0.25) is 0 Å². The molecule has 0 radical (unpaired) electrons.